The minimum absolute atomic E-state index is 0.366. The fourth-order valence-electron chi connectivity index (χ4n) is 4.99. The first-order valence-electron chi connectivity index (χ1n) is 17.2. The van der Waals surface area contributed by atoms with Crippen molar-refractivity contribution in [3.8, 4) is 0 Å². The summed E-state index contributed by atoms with van der Waals surface area (Å²) < 4.78 is 0. The van der Waals surface area contributed by atoms with Gasteiger partial charge in [-0.25, -0.2) is 0 Å². The highest BCUT2D eigenvalue weighted by Gasteiger charge is 2.22. The van der Waals surface area contributed by atoms with E-state index in [-0.39, 0.29) is 6.61 Å². The predicted octanol–water partition coefficient (Wildman–Crippen LogP) is 8.70. The van der Waals surface area contributed by atoms with E-state index < -0.39 is 24.2 Å². The van der Waals surface area contributed by atoms with Crippen molar-refractivity contribution in [3.05, 3.63) is 24.3 Å². The van der Waals surface area contributed by atoms with Crippen molar-refractivity contribution in [1.82, 2.24) is 5.32 Å². The fourth-order valence-corrected chi connectivity index (χ4v) is 4.99. The van der Waals surface area contributed by atoms with Gasteiger partial charge in [-0.2, -0.15) is 0 Å². The number of hydrogen-bond donors (Lipinski definition) is 4. The van der Waals surface area contributed by atoms with Gasteiger partial charge in [0.1, 0.15) is 6.10 Å². The Bertz CT molecular complexity index is 592. The van der Waals surface area contributed by atoms with Crippen molar-refractivity contribution < 1.29 is 20.1 Å². The molecule has 0 rings (SSSR count). The molecule has 236 valence electrons. The third kappa shape index (κ3) is 25.8. The Morgan fingerprint density at radius 2 is 1.02 bits per heavy atom. The Kier molecular flexibility index (Phi) is 29.9. The van der Waals surface area contributed by atoms with Gasteiger partial charge in [0.05, 0.1) is 18.8 Å². The molecule has 0 aliphatic heterocycles. The summed E-state index contributed by atoms with van der Waals surface area (Å²) in [5, 5.41) is 32.8. The van der Waals surface area contributed by atoms with Crippen molar-refractivity contribution in [2.45, 2.75) is 186 Å². The standard InChI is InChI=1S/C35H67NO4/c1-3-5-7-9-11-13-15-16-17-18-19-20-22-23-25-27-29-33(38)32(31-37)36-35(40)34(39)30-28-26-24-21-14-12-10-8-6-4-2/h10,12,27,29,32-34,37-39H,3-9,11,13-26,28,30-31H2,1-2H3,(H,36,40)/b12-10-,29-27+. The summed E-state index contributed by atoms with van der Waals surface area (Å²) >= 11 is 0. The van der Waals surface area contributed by atoms with Crippen LogP contribution in [0.15, 0.2) is 24.3 Å². The lowest BCUT2D eigenvalue weighted by atomic mass is 10.0. The maximum atomic E-state index is 12.3. The van der Waals surface area contributed by atoms with Crippen LogP contribution in [0.4, 0.5) is 0 Å². The lowest BCUT2D eigenvalue weighted by Gasteiger charge is -2.21. The topological polar surface area (TPSA) is 89.8 Å². The van der Waals surface area contributed by atoms with Gasteiger partial charge in [-0.3, -0.25) is 4.79 Å². The van der Waals surface area contributed by atoms with E-state index in [1.807, 2.05) is 6.08 Å². The first-order valence-corrected chi connectivity index (χ1v) is 17.2. The second-order valence-corrected chi connectivity index (χ2v) is 11.7. The number of hydrogen-bond acceptors (Lipinski definition) is 4. The highest BCUT2D eigenvalue weighted by atomic mass is 16.3. The van der Waals surface area contributed by atoms with Crippen LogP contribution in [0.25, 0.3) is 0 Å². The van der Waals surface area contributed by atoms with Gasteiger partial charge in [-0.15, -0.1) is 0 Å². The van der Waals surface area contributed by atoms with Gasteiger partial charge in [0.2, 0.25) is 5.91 Å². The Hall–Kier alpha value is -1.17. The number of carbonyl (C=O) groups is 1. The zero-order valence-corrected chi connectivity index (χ0v) is 26.5. The van der Waals surface area contributed by atoms with Crippen LogP contribution in [-0.4, -0.2) is 46.1 Å². The molecular formula is C35H67NO4. The lowest BCUT2D eigenvalue weighted by Crippen LogP contribution is -2.48. The van der Waals surface area contributed by atoms with Crippen LogP contribution < -0.4 is 5.32 Å². The first-order chi connectivity index (χ1) is 19.6. The molecule has 4 N–H and O–H groups in total. The SMILES string of the molecule is CCCC/C=C\CCCCCCC(O)C(=O)NC(CO)C(O)/C=C/CCCCCCCCCCCCCCCC. The highest BCUT2D eigenvalue weighted by Crippen LogP contribution is 2.14. The van der Waals surface area contributed by atoms with E-state index >= 15 is 0 Å². The summed E-state index contributed by atoms with van der Waals surface area (Å²) in [5.41, 5.74) is 0. The second kappa shape index (κ2) is 30.8. The highest BCUT2D eigenvalue weighted by molar-refractivity contribution is 5.80. The number of aliphatic hydroxyl groups excluding tert-OH is 3. The van der Waals surface area contributed by atoms with Gasteiger partial charge in [0.15, 0.2) is 0 Å². The summed E-state index contributed by atoms with van der Waals surface area (Å²) in [6.07, 6.45) is 34.8. The zero-order valence-electron chi connectivity index (χ0n) is 26.5. The van der Waals surface area contributed by atoms with Crippen molar-refractivity contribution >= 4 is 5.91 Å². The molecule has 5 nitrogen and oxygen atoms in total. The molecule has 40 heavy (non-hydrogen) atoms. The first kappa shape index (κ1) is 38.8. The summed E-state index contributed by atoms with van der Waals surface area (Å²) in [6.45, 7) is 4.10. The molecule has 0 fully saturated rings. The summed E-state index contributed by atoms with van der Waals surface area (Å²) in [5.74, 6) is -0.516. The molecule has 0 aromatic carbocycles. The largest absolute Gasteiger partial charge is 0.394 e. The molecule has 0 saturated heterocycles. The van der Waals surface area contributed by atoms with Crippen LogP contribution in [0, 0.1) is 0 Å². The Labute approximate surface area is 248 Å². The third-order valence-electron chi connectivity index (χ3n) is 7.79. The number of carbonyl (C=O) groups excluding carboxylic acids is 1. The van der Waals surface area contributed by atoms with Crippen LogP contribution in [0.5, 0.6) is 0 Å². The molecule has 0 aromatic heterocycles. The average molecular weight is 566 g/mol. The van der Waals surface area contributed by atoms with Gasteiger partial charge in [-0.1, -0.05) is 154 Å². The van der Waals surface area contributed by atoms with E-state index in [4.69, 9.17) is 0 Å². The van der Waals surface area contributed by atoms with E-state index in [1.54, 1.807) is 6.08 Å². The summed E-state index contributed by atoms with van der Waals surface area (Å²) in [7, 11) is 0. The Morgan fingerprint density at radius 3 is 1.52 bits per heavy atom. The number of allylic oxidation sites excluding steroid dienone is 3. The molecule has 0 aromatic rings. The number of rotatable bonds is 30. The van der Waals surface area contributed by atoms with Crippen molar-refractivity contribution in [3.63, 3.8) is 0 Å². The van der Waals surface area contributed by atoms with E-state index in [9.17, 15) is 20.1 Å². The van der Waals surface area contributed by atoms with Gasteiger partial charge in [0.25, 0.3) is 0 Å². The average Bonchev–Trinajstić information content (AvgIpc) is 2.96. The smallest absolute Gasteiger partial charge is 0.249 e. The van der Waals surface area contributed by atoms with Gasteiger partial charge < -0.3 is 20.6 Å². The molecule has 0 spiro atoms. The molecule has 0 heterocycles. The fraction of sp³-hybridized carbons (Fsp3) is 0.857. The summed E-state index contributed by atoms with van der Waals surface area (Å²) in [6, 6.07) is -0.797. The van der Waals surface area contributed by atoms with Crippen LogP contribution in [0.2, 0.25) is 0 Å². The molecule has 5 heteroatoms. The van der Waals surface area contributed by atoms with E-state index in [1.165, 1.54) is 96.3 Å². The number of nitrogens with one attached hydrogen (secondary N) is 1. The van der Waals surface area contributed by atoms with Crippen LogP contribution in [0.3, 0.4) is 0 Å². The van der Waals surface area contributed by atoms with Crippen molar-refractivity contribution in [1.29, 1.82) is 0 Å². The Balaban J connectivity index is 3.78. The Morgan fingerprint density at radius 1 is 0.600 bits per heavy atom. The molecule has 0 bridgehead atoms. The summed E-state index contributed by atoms with van der Waals surface area (Å²) in [4.78, 5) is 12.3. The third-order valence-corrected chi connectivity index (χ3v) is 7.79. The molecule has 0 radical (unpaired) electrons. The van der Waals surface area contributed by atoms with E-state index in [0.717, 1.165) is 51.4 Å². The lowest BCUT2D eigenvalue weighted by molar-refractivity contribution is -0.131. The van der Waals surface area contributed by atoms with Gasteiger partial charge in [0, 0.05) is 0 Å². The minimum atomic E-state index is -1.10. The maximum Gasteiger partial charge on any atom is 0.249 e. The normalized spacial score (nSPS) is 14.2. The molecule has 1 amide bonds. The number of unbranched alkanes of at least 4 members (excludes halogenated alkanes) is 20. The molecular weight excluding hydrogens is 498 g/mol. The molecule has 0 saturated carbocycles. The zero-order chi connectivity index (χ0) is 29.5. The van der Waals surface area contributed by atoms with Gasteiger partial charge >= 0.3 is 0 Å². The molecule has 3 unspecified atom stereocenters. The van der Waals surface area contributed by atoms with Crippen LogP contribution in [0.1, 0.15) is 168 Å². The minimum Gasteiger partial charge on any atom is -0.394 e. The molecule has 0 aliphatic rings. The van der Waals surface area contributed by atoms with Crippen molar-refractivity contribution in [2.24, 2.45) is 0 Å². The van der Waals surface area contributed by atoms with E-state index in [2.05, 4.69) is 31.3 Å². The number of amides is 1. The monoisotopic (exact) mass is 566 g/mol. The van der Waals surface area contributed by atoms with E-state index in [0.29, 0.717) is 6.42 Å². The van der Waals surface area contributed by atoms with Crippen molar-refractivity contribution in [2.75, 3.05) is 6.61 Å². The van der Waals surface area contributed by atoms with Crippen LogP contribution in [-0.2, 0) is 4.79 Å². The molecule has 3 atom stereocenters. The van der Waals surface area contributed by atoms with Crippen LogP contribution >= 0.6 is 0 Å². The maximum absolute atomic E-state index is 12.3. The number of aliphatic hydroxyl groups is 3. The second-order valence-electron chi connectivity index (χ2n) is 11.7. The molecule has 0 aliphatic carbocycles. The predicted molar refractivity (Wildman–Crippen MR) is 171 cm³/mol. The quantitative estimate of drug-likeness (QED) is 0.0518. The van der Waals surface area contributed by atoms with Gasteiger partial charge in [-0.05, 0) is 38.5 Å².